The molecule has 0 unspecified atom stereocenters. The molecule has 8 heteroatoms. The summed E-state index contributed by atoms with van der Waals surface area (Å²) in [5.41, 5.74) is -1.35. The lowest BCUT2D eigenvalue weighted by Gasteiger charge is -2.25. The Morgan fingerprint density at radius 2 is 1.90 bits per heavy atom. The molecule has 0 aliphatic heterocycles. The smallest absolute Gasteiger partial charge is 0.289 e. The predicted molar refractivity (Wildman–Crippen MR) is 78.6 cm³/mol. The Kier molecular flexibility index (Phi) is 5.43. The fourth-order valence-corrected chi connectivity index (χ4v) is 3.44. The van der Waals surface area contributed by atoms with E-state index in [1.165, 1.54) is 19.1 Å². The molecule has 1 aromatic rings. The highest BCUT2D eigenvalue weighted by molar-refractivity contribution is 7.89. The van der Waals surface area contributed by atoms with Gasteiger partial charge in [-0.3, -0.25) is 10.1 Å². The van der Waals surface area contributed by atoms with Gasteiger partial charge >= 0.3 is 0 Å². The molecule has 0 radical (unpaired) electrons. The van der Waals surface area contributed by atoms with Crippen molar-refractivity contribution in [3.05, 3.63) is 33.9 Å². The van der Waals surface area contributed by atoms with Crippen LogP contribution in [0.15, 0.2) is 23.1 Å². The number of sulfonamides is 1. The van der Waals surface area contributed by atoms with Crippen LogP contribution >= 0.6 is 0 Å². The van der Waals surface area contributed by atoms with E-state index in [9.17, 15) is 23.6 Å². The van der Waals surface area contributed by atoms with Crippen molar-refractivity contribution >= 4 is 15.7 Å². The molecule has 0 atom stereocenters. The highest BCUT2D eigenvalue weighted by Gasteiger charge is 2.31. The van der Waals surface area contributed by atoms with Crippen molar-refractivity contribution in [2.75, 3.05) is 6.54 Å². The van der Waals surface area contributed by atoms with Crippen LogP contribution in [0.1, 0.15) is 32.3 Å². The van der Waals surface area contributed by atoms with Crippen LogP contribution in [-0.4, -0.2) is 30.6 Å². The van der Waals surface area contributed by atoms with E-state index in [1.807, 2.05) is 0 Å². The molecule has 21 heavy (non-hydrogen) atoms. The number of aryl methyl sites for hydroxylation is 1. The van der Waals surface area contributed by atoms with E-state index in [0.29, 0.717) is 12.8 Å². The van der Waals surface area contributed by atoms with Crippen molar-refractivity contribution in [2.24, 2.45) is 0 Å². The Morgan fingerprint density at radius 3 is 2.38 bits per heavy atom. The summed E-state index contributed by atoms with van der Waals surface area (Å²) in [6.45, 7) is 4.79. The molecule has 0 aromatic heterocycles. The van der Waals surface area contributed by atoms with Gasteiger partial charge in [-0.25, -0.2) is 13.1 Å². The second-order valence-corrected chi connectivity index (χ2v) is 6.64. The highest BCUT2D eigenvalue weighted by atomic mass is 32.2. The first kappa shape index (κ1) is 17.5. The molecule has 0 saturated carbocycles. The lowest BCUT2D eigenvalue weighted by atomic mass is 9.98. The molecule has 0 aliphatic rings. The lowest BCUT2D eigenvalue weighted by Crippen LogP contribution is -2.42. The zero-order valence-electron chi connectivity index (χ0n) is 12.3. The number of hydrogen-bond acceptors (Lipinski definition) is 5. The van der Waals surface area contributed by atoms with E-state index in [1.54, 1.807) is 13.8 Å². The van der Waals surface area contributed by atoms with Crippen LogP contribution in [-0.2, 0) is 10.0 Å². The molecule has 0 heterocycles. The van der Waals surface area contributed by atoms with E-state index in [-0.39, 0.29) is 17.0 Å². The van der Waals surface area contributed by atoms with Gasteiger partial charge in [0.1, 0.15) is 0 Å². The number of nitrogens with one attached hydrogen (secondary N) is 1. The fourth-order valence-electron chi connectivity index (χ4n) is 1.93. The molecular weight excluding hydrogens is 296 g/mol. The van der Waals surface area contributed by atoms with Gasteiger partial charge in [0.15, 0.2) is 4.90 Å². The number of aliphatic hydroxyl groups is 1. The summed E-state index contributed by atoms with van der Waals surface area (Å²) in [5, 5.41) is 21.1. The standard InChI is InChI=1S/C13H20N2O5S/c1-4-13(16,5-2)9-14-21(19,20)12-10(3)7-6-8-11(12)15(17)18/h6-8,14,16H,4-5,9H2,1-3H3. The average Bonchev–Trinajstić information content (AvgIpc) is 2.44. The van der Waals surface area contributed by atoms with Crippen molar-refractivity contribution in [1.82, 2.24) is 4.72 Å². The quantitative estimate of drug-likeness (QED) is 0.588. The third-order valence-electron chi connectivity index (χ3n) is 3.56. The molecule has 2 N–H and O–H groups in total. The van der Waals surface area contributed by atoms with Crippen molar-refractivity contribution in [3.63, 3.8) is 0 Å². The minimum Gasteiger partial charge on any atom is -0.389 e. The Hall–Kier alpha value is -1.51. The monoisotopic (exact) mass is 316 g/mol. The molecule has 0 aliphatic carbocycles. The number of nitrogens with zero attached hydrogens (tertiary/aromatic N) is 1. The van der Waals surface area contributed by atoms with Gasteiger partial charge in [-0.15, -0.1) is 0 Å². The SMILES string of the molecule is CCC(O)(CC)CNS(=O)(=O)c1c(C)cccc1[N+](=O)[O-]. The minimum atomic E-state index is -4.07. The molecule has 0 spiro atoms. The van der Waals surface area contributed by atoms with E-state index >= 15 is 0 Å². The zero-order chi connectivity index (χ0) is 16.3. The van der Waals surface area contributed by atoms with Gasteiger partial charge < -0.3 is 5.11 Å². The summed E-state index contributed by atoms with van der Waals surface area (Å²) in [6, 6.07) is 4.07. The molecule has 7 nitrogen and oxygen atoms in total. The Balaban J connectivity index is 3.18. The number of benzene rings is 1. The van der Waals surface area contributed by atoms with Gasteiger partial charge in [-0.05, 0) is 25.3 Å². The lowest BCUT2D eigenvalue weighted by molar-refractivity contribution is -0.387. The maximum absolute atomic E-state index is 12.3. The largest absolute Gasteiger partial charge is 0.389 e. The van der Waals surface area contributed by atoms with Crippen LogP contribution in [0.2, 0.25) is 0 Å². The molecule has 0 fully saturated rings. The maximum atomic E-state index is 12.3. The van der Waals surface area contributed by atoms with Gasteiger partial charge in [0.2, 0.25) is 10.0 Å². The van der Waals surface area contributed by atoms with Crippen LogP contribution in [0.4, 0.5) is 5.69 Å². The van der Waals surface area contributed by atoms with Gasteiger partial charge in [0, 0.05) is 12.6 Å². The van der Waals surface area contributed by atoms with Crippen LogP contribution < -0.4 is 4.72 Å². The first-order chi connectivity index (χ1) is 9.67. The normalized spacial score (nSPS) is 12.4. The summed E-state index contributed by atoms with van der Waals surface area (Å²) in [4.78, 5) is 9.91. The van der Waals surface area contributed by atoms with Crippen molar-refractivity contribution in [1.29, 1.82) is 0 Å². The fraction of sp³-hybridized carbons (Fsp3) is 0.538. The molecular formula is C13H20N2O5S. The van der Waals surface area contributed by atoms with Crippen molar-refractivity contribution < 1.29 is 18.4 Å². The second kappa shape index (κ2) is 6.50. The second-order valence-electron chi connectivity index (χ2n) is 4.94. The number of rotatable bonds is 7. The van der Waals surface area contributed by atoms with Crippen molar-refractivity contribution in [2.45, 2.75) is 44.1 Å². The van der Waals surface area contributed by atoms with E-state index < -0.39 is 26.2 Å². The van der Waals surface area contributed by atoms with Crippen LogP contribution in [0.25, 0.3) is 0 Å². The number of nitro benzene ring substituents is 1. The summed E-state index contributed by atoms with van der Waals surface area (Å²) in [5.74, 6) is 0. The first-order valence-corrected chi connectivity index (χ1v) is 8.11. The predicted octanol–water partition coefficient (Wildman–Crippen LogP) is 1.73. The summed E-state index contributed by atoms with van der Waals surface area (Å²) in [7, 11) is -4.07. The molecule has 0 amide bonds. The van der Waals surface area contributed by atoms with Crippen LogP contribution in [0.3, 0.4) is 0 Å². The Morgan fingerprint density at radius 1 is 1.33 bits per heavy atom. The minimum absolute atomic E-state index is 0.187. The summed E-state index contributed by atoms with van der Waals surface area (Å²) >= 11 is 0. The van der Waals surface area contributed by atoms with Gasteiger partial charge in [0.25, 0.3) is 5.69 Å². The third kappa shape index (κ3) is 3.99. The molecule has 0 saturated heterocycles. The highest BCUT2D eigenvalue weighted by Crippen LogP contribution is 2.27. The molecule has 1 aromatic carbocycles. The zero-order valence-corrected chi connectivity index (χ0v) is 13.1. The number of hydrogen-bond donors (Lipinski definition) is 2. The molecule has 118 valence electrons. The van der Waals surface area contributed by atoms with Crippen LogP contribution in [0.5, 0.6) is 0 Å². The number of nitro groups is 1. The van der Waals surface area contributed by atoms with E-state index in [4.69, 9.17) is 0 Å². The van der Waals surface area contributed by atoms with Crippen molar-refractivity contribution in [3.8, 4) is 0 Å². The first-order valence-electron chi connectivity index (χ1n) is 6.63. The Bertz CT molecular complexity index is 623. The average molecular weight is 316 g/mol. The third-order valence-corrected chi connectivity index (χ3v) is 5.16. The summed E-state index contributed by atoms with van der Waals surface area (Å²) < 4.78 is 26.9. The van der Waals surface area contributed by atoms with Gasteiger partial charge in [-0.1, -0.05) is 26.0 Å². The molecule has 1 rings (SSSR count). The van der Waals surface area contributed by atoms with Crippen LogP contribution in [0, 0.1) is 17.0 Å². The Labute approximate surface area is 124 Å². The van der Waals surface area contributed by atoms with Gasteiger partial charge in [0.05, 0.1) is 10.5 Å². The summed E-state index contributed by atoms with van der Waals surface area (Å²) in [6.07, 6.45) is 0.754. The maximum Gasteiger partial charge on any atom is 0.289 e. The topological polar surface area (TPSA) is 110 Å². The van der Waals surface area contributed by atoms with E-state index in [2.05, 4.69) is 4.72 Å². The van der Waals surface area contributed by atoms with E-state index in [0.717, 1.165) is 6.07 Å². The molecule has 0 bridgehead atoms. The van der Waals surface area contributed by atoms with Gasteiger partial charge in [-0.2, -0.15) is 0 Å².